The SMILES string of the molecule is CCOC(=O)C1CCCCN1C(=O)c1coc(C)c1. The van der Waals surface area contributed by atoms with Crippen LogP contribution in [0.3, 0.4) is 0 Å². The fourth-order valence-corrected chi connectivity index (χ4v) is 2.38. The second kappa shape index (κ2) is 5.91. The maximum atomic E-state index is 12.4. The summed E-state index contributed by atoms with van der Waals surface area (Å²) in [5.74, 6) is 0.221. The van der Waals surface area contributed by atoms with Crippen LogP contribution in [0.2, 0.25) is 0 Å². The molecule has 1 aromatic rings. The van der Waals surface area contributed by atoms with Gasteiger partial charge in [0.05, 0.1) is 12.2 Å². The molecule has 2 rings (SSSR count). The molecular formula is C14H19NO4. The molecule has 0 radical (unpaired) electrons. The van der Waals surface area contributed by atoms with Crippen LogP contribution in [-0.2, 0) is 9.53 Å². The minimum atomic E-state index is -0.462. The van der Waals surface area contributed by atoms with Crippen molar-refractivity contribution in [1.29, 1.82) is 0 Å². The van der Waals surface area contributed by atoms with Crippen LogP contribution >= 0.6 is 0 Å². The van der Waals surface area contributed by atoms with Crippen LogP contribution in [0.1, 0.15) is 42.3 Å². The monoisotopic (exact) mass is 265 g/mol. The normalized spacial score (nSPS) is 19.3. The lowest BCUT2D eigenvalue weighted by Gasteiger charge is -2.33. The Labute approximate surface area is 112 Å². The maximum Gasteiger partial charge on any atom is 0.328 e. The second-order valence-corrected chi connectivity index (χ2v) is 4.71. The first-order valence-electron chi connectivity index (χ1n) is 6.66. The summed E-state index contributed by atoms with van der Waals surface area (Å²) < 4.78 is 10.2. The van der Waals surface area contributed by atoms with Crippen molar-refractivity contribution in [2.75, 3.05) is 13.2 Å². The first-order valence-corrected chi connectivity index (χ1v) is 6.66. The molecule has 0 spiro atoms. The molecule has 1 fully saturated rings. The predicted octanol–water partition coefficient (Wildman–Crippen LogP) is 2.15. The van der Waals surface area contributed by atoms with Crippen molar-refractivity contribution in [2.45, 2.75) is 39.2 Å². The molecular weight excluding hydrogens is 246 g/mol. The van der Waals surface area contributed by atoms with E-state index in [-0.39, 0.29) is 11.9 Å². The summed E-state index contributed by atoms with van der Waals surface area (Å²) in [5.41, 5.74) is 0.494. The largest absolute Gasteiger partial charge is 0.469 e. The minimum absolute atomic E-state index is 0.158. The van der Waals surface area contributed by atoms with Crippen molar-refractivity contribution in [2.24, 2.45) is 0 Å². The lowest BCUT2D eigenvalue weighted by molar-refractivity contribution is -0.149. The number of furan rings is 1. The number of hydrogen-bond donors (Lipinski definition) is 0. The topological polar surface area (TPSA) is 59.8 Å². The Kier molecular flexibility index (Phi) is 4.24. The second-order valence-electron chi connectivity index (χ2n) is 4.71. The van der Waals surface area contributed by atoms with Gasteiger partial charge in [-0.25, -0.2) is 4.79 Å². The van der Waals surface area contributed by atoms with Crippen LogP contribution in [0.5, 0.6) is 0 Å². The van der Waals surface area contributed by atoms with Gasteiger partial charge in [-0.2, -0.15) is 0 Å². The number of carbonyl (C=O) groups excluding carboxylic acids is 2. The average Bonchev–Trinajstić information content (AvgIpc) is 2.85. The summed E-state index contributed by atoms with van der Waals surface area (Å²) >= 11 is 0. The van der Waals surface area contributed by atoms with Gasteiger partial charge in [0.15, 0.2) is 0 Å². The van der Waals surface area contributed by atoms with E-state index >= 15 is 0 Å². The summed E-state index contributed by atoms with van der Waals surface area (Å²) in [4.78, 5) is 25.9. The van der Waals surface area contributed by atoms with Gasteiger partial charge < -0.3 is 14.1 Å². The number of esters is 1. The maximum absolute atomic E-state index is 12.4. The van der Waals surface area contributed by atoms with Gasteiger partial charge in [-0.3, -0.25) is 4.79 Å². The zero-order chi connectivity index (χ0) is 13.8. The highest BCUT2D eigenvalue weighted by atomic mass is 16.5. The van der Waals surface area contributed by atoms with Gasteiger partial charge in [-0.1, -0.05) is 0 Å². The Hall–Kier alpha value is -1.78. The number of piperidine rings is 1. The highest BCUT2D eigenvalue weighted by molar-refractivity contribution is 5.96. The molecule has 0 N–H and O–H groups in total. The molecule has 0 bridgehead atoms. The predicted molar refractivity (Wildman–Crippen MR) is 68.8 cm³/mol. The number of amides is 1. The van der Waals surface area contributed by atoms with E-state index in [1.807, 2.05) is 0 Å². The van der Waals surface area contributed by atoms with Crippen molar-refractivity contribution >= 4 is 11.9 Å². The number of ether oxygens (including phenoxy) is 1. The highest BCUT2D eigenvalue weighted by Gasteiger charge is 2.34. The Balaban J connectivity index is 2.15. The molecule has 19 heavy (non-hydrogen) atoms. The summed E-state index contributed by atoms with van der Waals surface area (Å²) in [7, 11) is 0. The van der Waals surface area contributed by atoms with Gasteiger partial charge in [0.25, 0.3) is 5.91 Å². The fraction of sp³-hybridized carbons (Fsp3) is 0.571. The highest BCUT2D eigenvalue weighted by Crippen LogP contribution is 2.21. The van der Waals surface area contributed by atoms with Crippen molar-refractivity contribution in [3.8, 4) is 0 Å². The van der Waals surface area contributed by atoms with Crippen LogP contribution in [0.4, 0.5) is 0 Å². The molecule has 1 atom stereocenters. The number of aryl methyl sites for hydroxylation is 1. The van der Waals surface area contributed by atoms with Crippen molar-refractivity contribution in [1.82, 2.24) is 4.90 Å². The van der Waals surface area contributed by atoms with Gasteiger partial charge in [0.2, 0.25) is 0 Å². The number of carbonyl (C=O) groups is 2. The number of nitrogens with zero attached hydrogens (tertiary/aromatic N) is 1. The lowest BCUT2D eigenvalue weighted by Crippen LogP contribution is -2.48. The van der Waals surface area contributed by atoms with Crippen LogP contribution < -0.4 is 0 Å². The quantitative estimate of drug-likeness (QED) is 0.786. The summed E-state index contributed by atoms with van der Waals surface area (Å²) in [5, 5.41) is 0. The van der Waals surface area contributed by atoms with Crippen LogP contribution in [0, 0.1) is 6.92 Å². The first-order chi connectivity index (χ1) is 9.13. The zero-order valence-corrected chi connectivity index (χ0v) is 11.3. The third-order valence-electron chi connectivity index (χ3n) is 3.30. The van der Waals surface area contributed by atoms with E-state index in [0.29, 0.717) is 30.9 Å². The Morgan fingerprint density at radius 1 is 1.47 bits per heavy atom. The van der Waals surface area contributed by atoms with E-state index in [1.165, 1.54) is 6.26 Å². The van der Waals surface area contributed by atoms with Gasteiger partial charge in [0, 0.05) is 6.54 Å². The van der Waals surface area contributed by atoms with Crippen LogP contribution in [0.15, 0.2) is 16.7 Å². The molecule has 5 nitrogen and oxygen atoms in total. The Bertz CT molecular complexity index is 466. The van der Waals surface area contributed by atoms with E-state index in [2.05, 4.69) is 0 Å². The van der Waals surface area contributed by atoms with E-state index < -0.39 is 6.04 Å². The van der Waals surface area contributed by atoms with E-state index in [0.717, 1.165) is 12.8 Å². The van der Waals surface area contributed by atoms with Crippen LogP contribution in [0.25, 0.3) is 0 Å². The molecule has 104 valence electrons. The molecule has 2 heterocycles. The molecule has 1 aliphatic rings. The third kappa shape index (κ3) is 2.97. The third-order valence-corrected chi connectivity index (χ3v) is 3.30. The molecule has 1 aliphatic heterocycles. The zero-order valence-electron chi connectivity index (χ0n) is 11.3. The van der Waals surface area contributed by atoms with Gasteiger partial charge >= 0.3 is 5.97 Å². The van der Waals surface area contributed by atoms with Gasteiger partial charge in [-0.15, -0.1) is 0 Å². The van der Waals surface area contributed by atoms with E-state index in [4.69, 9.17) is 9.15 Å². The molecule has 0 saturated carbocycles. The summed E-state index contributed by atoms with van der Waals surface area (Å²) in [6.45, 7) is 4.48. The summed E-state index contributed by atoms with van der Waals surface area (Å²) in [6.07, 6.45) is 3.96. The standard InChI is InChI=1S/C14H19NO4/c1-3-18-14(17)12-6-4-5-7-15(12)13(16)11-8-10(2)19-9-11/h8-9,12H,3-7H2,1-2H3. The van der Waals surface area contributed by atoms with Gasteiger partial charge in [0.1, 0.15) is 18.1 Å². The molecule has 1 aromatic heterocycles. The summed E-state index contributed by atoms with van der Waals surface area (Å²) in [6, 6.07) is 1.23. The molecule has 0 aromatic carbocycles. The average molecular weight is 265 g/mol. The van der Waals surface area contributed by atoms with Gasteiger partial charge in [-0.05, 0) is 39.2 Å². The Morgan fingerprint density at radius 2 is 2.26 bits per heavy atom. The van der Waals surface area contributed by atoms with E-state index in [1.54, 1.807) is 24.8 Å². The molecule has 1 saturated heterocycles. The minimum Gasteiger partial charge on any atom is -0.469 e. The first kappa shape index (κ1) is 13.6. The number of hydrogen-bond acceptors (Lipinski definition) is 4. The van der Waals surface area contributed by atoms with Crippen molar-refractivity contribution in [3.63, 3.8) is 0 Å². The molecule has 1 amide bonds. The van der Waals surface area contributed by atoms with Crippen molar-refractivity contribution < 1.29 is 18.7 Å². The van der Waals surface area contributed by atoms with Crippen LogP contribution in [-0.4, -0.2) is 36.0 Å². The smallest absolute Gasteiger partial charge is 0.328 e. The molecule has 0 aliphatic carbocycles. The lowest BCUT2D eigenvalue weighted by atomic mass is 10.0. The molecule has 1 unspecified atom stereocenters. The number of likely N-dealkylation sites (tertiary alicyclic amines) is 1. The number of rotatable bonds is 3. The fourth-order valence-electron chi connectivity index (χ4n) is 2.38. The van der Waals surface area contributed by atoms with Crippen molar-refractivity contribution in [3.05, 3.63) is 23.7 Å². The Morgan fingerprint density at radius 3 is 2.89 bits per heavy atom. The van der Waals surface area contributed by atoms with E-state index in [9.17, 15) is 9.59 Å². The molecule has 5 heteroatoms.